The van der Waals surface area contributed by atoms with Crippen molar-refractivity contribution in [1.82, 2.24) is 0 Å². The van der Waals surface area contributed by atoms with Crippen LogP contribution in [0.25, 0.3) is 0 Å². The van der Waals surface area contributed by atoms with Crippen LogP contribution >= 0.6 is 0 Å². The third-order valence-corrected chi connectivity index (χ3v) is 3.54. The quantitative estimate of drug-likeness (QED) is 0.527. The zero-order valence-corrected chi connectivity index (χ0v) is 10.1. The Labute approximate surface area is 92.7 Å². The maximum Gasteiger partial charge on any atom is 0.330 e. The fourth-order valence-electron chi connectivity index (χ4n) is 1.98. The molecular formula is C13H22O2. The Morgan fingerprint density at radius 2 is 1.80 bits per heavy atom. The number of ether oxygens (including phenoxy) is 1. The van der Waals surface area contributed by atoms with Crippen molar-refractivity contribution < 1.29 is 9.53 Å². The summed E-state index contributed by atoms with van der Waals surface area (Å²) in [6.07, 6.45) is 5.95. The summed E-state index contributed by atoms with van der Waals surface area (Å²) in [4.78, 5) is 11.0. The van der Waals surface area contributed by atoms with Crippen LogP contribution in [0, 0.1) is 10.8 Å². The molecule has 1 saturated carbocycles. The number of hydrogen-bond donors (Lipinski definition) is 0. The van der Waals surface area contributed by atoms with Gasteiger partial charge in [-0.3, -0.25) is 0 Å². The summed E-state index contributed by atoms with van der Waals surface area (Å²) < 4.78 is 5.14. The van der Waals surface area contributed by atoms with E-state index in [1.54, 1.807) is 0 Å². The average molecular weight is 210 g/mol. The second kappa shape index (κ2) is 4.38. The minimum atomic E-state index is -0.305. The maximum absolute atomic E-state index is 11.0. The van der Waals surface area contributed by atoms with E-state index < -0.39 is 0 Å². The molecular weight excluding hydrogens is 188 g/mol. The summed E-state index contributed by atoms with van der Waals surface area (Å²) in [5.41, 5.74) is 0.635. The molecule has 0 saturated heterocycles. The van der Waals surface area contributed by atoms with Crippen molar-refractivity contribution in [3.8, 4) is 0 Å². The topological polar surface area (TPSA) is 26.3 Å². The normalized spacial score (nSPS) is 23.1. The average Bonchev–Trinajstić information content (AvgIpc) is 2.20. The molecule has 86 valence electrons. The summed E-state index contributed by atoms with van der Waals surface area (Å²) in [6.45, 7) is 10.8. The lowest BCUT2D eigenvalue weighted by Crippen LogP contribution is -2.33. The number of carbonyl (C=O) groups excluding carboxylic acids is 1. The highest BCUT2D eigenvalue weighted by Crippen LogP contribution is 2.44. The van der Waals surface area contributed by atoms with Crippen molar-refractivity contribution in [1.29, 1.82) is 0 Å². The van der Waals surface area contributed by atoms with Crippen LogP contribution in [0.15, 0.2) is 12.7 Å². The Hall–Kier alpha value is -0.790. The van der Waals surface area contributed by atoms with Gasteiger partial charge in [0.2, 0.25) is 0 Å². The summed E-state index contributed by atoms with van der Waals surface area (Å²) in [5.74, 6) is -0.305. The van der Waals surface area contributed by atoms with E-state index in [4.69, 9.17) is 4.74 Å². The second-order valence-electron chi connectivity index (χ2n) is 5.79. The Balaban J connectivity index is 2.41. The van der Waals surface area contributed by atoms with Crippen molar-refractivity contribution in [2.24, 2.45) is 10.8 Å². The van der Waals surface area contributed by atoms with Crippen molar-refractivity contribution >= 4 is 5.97 Å². The number of carbonyl (C=O) groups is 1. The zero-order valence-electron chi connectivity index (χ0n) is 10.1. The fourth-order valence-corrected chi connectivity index (χ4v) is 1.98. The molecule has 0 aliphatic heterocycles. The molecule has 0 aromatic rings. The van der Waals surface area contributed by atoms with Gasteiger partial charge in [0.25, 0.3) is 0 Å². The van der Waals surface area contributed by atoms with Gasteiger partial charge in [0, 0.05) is 11.5 Å². The van der Waals surface area contributed by atoms with Crippen LogP contribution in [0.3, 0.4) is 0 Å². The molecule has 2 nitrogen and oxygen atoms in total. The van der Waals surface area contributed by atoms with Crippen molar-refractivity contribution in [3.63, 3.8) is 0 Å². The smallest absolute Gasteiger partial charge is 0.330 e. The van der Waals surface area contributed by atoms with E-state index in [0.29, 0.717) is 12.0 Å². The Bertz CT molecular complexity index is 243. The van der Waals surface area contributed by atoms with Gasteiger partial charge in [0.15, 0.2) is 0 Å². The molecule has 0 spiro atoms. The Morgan fingerprint density at radius 1 is 1.27 bits per heavy atom. The molecule has 0 aromatic carbocycles. The predicted molar refractivity (Wildman–Crippen MR) is 61.5 cm³/mol. The van der Waals surface area contributed by atoms with E-state index in [-0.39, 0.29) is 11.4 Å². The van der Waals surface area contributed by atoms with Crippen LogP contribution in [0.4, 0.5) is 0 Å². The zero-order chi connectivity index (χ0) is 11.5. The molecule has 15 heavy (non-hydrogen) atoms. The first kappa shape index (κ1) is 12.3. The van der Waals surface area contributed by atoms with Gasteiger partial charge in [-0.05, 0) is 31.1 Å². The van der Waals surface area contributed by atoms with E-state index in [1.165, 1.54) is 18.9 Å². The van der Waals surface area contributed by atoms with Gasteiger partial charge in [0.05, 0.1) is 6.61 Å². The lowest BCUT2D eigenvalue weighted by atomic mass is 9.66. The summed E-state index contributed by atoms with van der Waals surface area (Å²) in [6, 6.07) is 0. The molecule has 0 radical (unpaired) electrons. The molecule has 0 amide bonds. The first-order valence-corrected chi connectivity index (χ1v) is 5.66. The Morgan fingerprint density at radius 3 is 2.27 bits per heavy atom. The van der Waals surface area contributed by atoms with Crippen molar-refractivity contribution in [3.05, 3.63) is 12.7 Å². The van der Waals surface area contributed by atoms with E-state index in [1.807, 2.05) is 0 Å². The standard InChI is InChI=1S/C13H22O2/c1-5-11(14)15-10-13(4)8-6-12(2,3)7-9-13/h5H,1,6-10H2,2-4H3. The van der Waals surface area contributed by atoms with Crippen LogP contribution in [0.1, 0.15) is 46.5 Å². The van der Waals surface area contributed by atoms with Gasteiger partial charge < -0.3 is 4.74 Å². The molecule has 1 fully saturated rings. The van der Waals surface area contributed by atoms with Gasteiger partial charge in [-0.25, -0.2) is 4.79 Å². The van der Waals surface area contributed by atoms with Gasteiger partial charge in [-0.15, -0.1) is 0 Å². The fraction of sp³-hybridized carbons (Fsp3) is 0.769. The molecule has 0 aromatic heterocycles. The van der Waals surface area contributed by atoms with Crippen LogP contribution in [-0.2, 0) is 9.53 Å². The maximum atomic E-state index is 11.0. The lowest BCUT2D eigenvalue weighted by Gasteiger charge is -2.40. The van der Waals surface area contributed by atoms with E-state index in [0.717, 1.165) is 12.8 Å². The number of rotatable bonds is 3. The monoisotopic (exact) mass is 210 g/mol. The van der Waals surface area contributed by atoms with Crippen molar-refractivity contribution in [2.75, 3.05) is 6.61 Å². The highest BCUT2D eigenvalue weighted by Gasteiger charge is 2.35. The first-order chi connectivity index (χ1) is 6.87. The lowest BCUT2D eigenvalue weighted by molar-refractivity contribution is -0.142. The molecule has 0 bridgehead atoms. The molecule has 1 rings (SSSR count). The summed E-state index contributed by atoms with van der Waals surface area (Å²) in [5, 5.41) is 0. The van der Waals surface area contributed by atoms with Gasteiger partial charge >= 0.3 is 5.97 Å². The molecule has 0 N–H and O–H groups in total. The van der Waals surface area contributed by atoms with Crippen molar-refractivity contribution in [2.45, 2.75) is 46.5 Å². The molecule has 0 unspecified atom stereocenters. The third kappa shape index (κ3) is 3.69. The summed E-state index contributed by atoms with van der Waals surface area (Å²) in [7, 11) is 0. The van der Waals surface area contributed by atoms with E-state index in [9.17, 15) is 4.79 Å². The number of hydrogen-bond acceptors (Lipinski definition) is 2. The third-order valence-electron chi connectivity index (χ3n) is 3.54. The van der Waals surface area contributed by atoms with E-state index >= 15 is 0 Å². The minimum Gasteiger partial charge on any atom is -0.462 e. The molecule has 2 heteroatoms. The van der Waals surface area contributed by atoms with Gasteiger partial charge in [-0.1, -0.05) is 27.4 Å². The highest BCUT2D eigenvalue weighted by atomic mass is 16.5. The van der Waals surface area contributed by atoms with Gasteiger partial charge in [-0.2, -0.15) is 0 Å². The first-order valence-electron chi connectivity index (χ1n) is 5.66. The predicted octanol–water partition coefficient (Wildman–Crippen LogP) is 3.32. The Kier molecular flexibility index (Phi) is 3.58. The van der Waals surface area contributed by atoms with Crippen LogP contribution in [-0.4, -0.2) is 12.6 Å². The largest absolute Gasteiger partial charge is 0.462 e. The molecule has 0 atom stereocenters. The van der Waals surface area contributed by atoms with Crippen LogP contribution in [0.5, 0.6) is 0 Å². The summed E-state index contributed by atoms with van der Waals surface area (Å²) >= 11 is 0. The van der Waals surface area contributed by atoms with E-state index in [2.05, 4.69) is 27.4 Å². The van der Waals surface area contributed by atoms with Crippen LogP contribution in [0.2, 0.25) is 0 Å². The number of esters is 1. The molecule has 0 heterocycles. The van der Waals surface area contributed by atoms with Crippen LogP contribution < -0.4 is 0 Å². The molecule has 1 aliphatic rings. The van der Waals surface area contributed by atoms with Gasteiger partial charge in [0.1, 0.15) is 0 Å². The minimum absolute atomic E-state index is 0.175. The second-order valence-corrected chi connectivity index (χ2v) is 5.79. The molecule has 1 aliphatic carbocycles. The highest BCUT2D eigenvalue weighted by molar-refractivity contribution is 5.81. The SMILES string of the molecule is C=CC(=O)OCC1(C)CCC(C)(C)CC1.